The molecule has 0 unspecified atom stereocenters. The number of aromatic nitrogens is 2. The molecule has 21 heavy (non-hydrogen) atoms. The molecule has 0 radical (unpaired) electrons. The van der Waals surface area contributed by atoms with Crippen molar-refractivity contribution in [2.75, 3.05) is 0 Å². The third-order valence-corrected chi connectivity index (χ3v) is 5.59. The molecule has 0 aliphatic rings. The summed E-state index contributed by atoms with van der Waals surface area (Å²) in [6, 6.07) is 10.3. The van der Waals surface area contributed by atoms with Crippen molar-refractivity contribution in [2.45, 2.75) is 5.88 Å². The van der Waals surface area contributed by atoms with E-state index in [4.69, 9.17) is 11.6 Å². The van der Waals surface area contributed by atoms with Crippen LogP contribution in [0.4, 0.5) is 0 Å². The molecule has 0 amide bonds. The third kappa shape index (κ3) is 2.09. The molecular formula is C15H9ClN2OS2. The minimum atomic E-state index is -0.121. The molecule has 3 aromatic heterocycles. The average Bonchev–Trinajstić information content (AvgIpc) is 3.10. The van der Waals surface area contributed by atoms with Gasteiger partial charge in [0.05, 0.1) is 11.3 Å². The maximum absolute atomic E-state index is 12.3. The van der Waals surface area contributed by atoms with Gasteiger partial charge in [0.2, 0.25) is 0 Å². The first-order valence-corrected chi connectivity index (χ1v) is 8.54. The molecule has 0 saturated heterocycles. The number of aromatic amines is 1. The molecule has 3 heterocycles. The molecule has 0 aliphatic heterocycles. The number of nitrogens with one attached hydrogen (secondary N) is 1. The fourth-order valence-electron chi connectivity index (χ4n) is 2.35. The van der Waals surface area contributed by atoms with Gasteiger partial charge in [-0.3, -0.25) is 4.79 Å². The van der Waals surface area contributed by atoms with Crippen LogP contribution in [0.1, 0.15) is 5.82 Å². The van der Waals surface area contributed by atoms with E-state index in [1.54, 1.807) is 11.3 Å². The highest BCUT2D eigenvalue weighted by atomic mass is 35.5. The SMILES string of the molecule is O=c1[nH]c(CCl)nc2scc(-c3cc4ccccc4s3)c12. The normalized spacial score (nSPS) is 11.5. The zero-order valence-corrected chi connectivity index (χ0v) is 13.1. The maximum atomic E-state index is 12.3. The summed E-state index contributed by atoms with van der Waals surface area (Å²) in [5.74, 6) is 0.723. The molecule has 1 N–H and O–H groups in total. The van der Waals surface area contributed by atoms with Gasteiger partial charge >= 0.3 is 0 Å². The van der Waals surface area contributed by atoms with Gasteiger partial charge in [0, 0.05) is 20.5 Å². The Morgan fingerprint density at radius 1 is 1.29 bits per heavy atom. The van der Waals surface area contributed by atoms with Crippen LogP contribution < -0.4 is 5.56 Å². The second-order valence-corrected chi connectivity index (χ2v) is 6.83. The van der Waals surface area contributed by atoms with Crippen LogP contribution in [0.3, 0.4) is 0 Å². The van der Waals surface area contributed by atoms with Gasteiger partial charge in [-0.2, -0.15) is 0 Å². The minimum Gasteiger partial charge on any atom is -0.309 e. The second-order valence-electron chi connectivity index (χ2n) is 4.62. The first-order chi connectivity index (χ1) is 10.3. The first kappa shape index (κ1) is 13.0. The van der Waals surface area contributed by atoms with Crippen LogP contribution in [0.5, 0.6) is 0 Å². The molecule has 0 spiro atoms. The lowest BCUT2D eigenvalue weighted by Gasteiger charge is -1.97. The number of fused-ring (bicyclic) bond motifs is 2. The van der Waals surface area contributed by atoms with Gasteiger partial charge in [-0.15, -0.1) is 34.3 Å². The quantitative estimate of drug-likeness (QED) is 0.545. The summed E-state index contributed by atoms with van der Waals surface area (Å²) in [6.45, 7) is 0. The predicted molar refractivity (Wildman–Crippen MR) is 90.6 cm³/mol. The van der Waals surface area contributed by atoms with Crippen molar-refractivity contribution in [1.82, 2.24) is 9.97 Å². The van der Waals surface area contributed by atoms with Gasteiger partial charge in [0.1, 0.15) is 10.7 Å². The number of hydrogen-bond acceptors (Lipinski definition) is 4. The lowest BCUT2D eigenvalue weighted by atomic mass is 10.2. The van der Waals surface area contributed by atoms with E-state index in [1.807, 2.05) is 17.5 Å². The van der Waals surface area contributed by atoms with Gasteiger partial charge in [-0.25, -0.2) is 4.98 Å². The van der Waals surface area contributed by atoms with Crippen molar-refractivity contribution in [3.63, 3.8) is 0 Å². The molecule has 0 bridgehead atoms. The highest BCUT2D eigenvalue weighted by Crippen LogP contribution is 2.38. The van der Waals surface area contributed by atoms with Crippen molar-refractivity contribution in [1.29, 1.82) is 0 Å². The van der Waals surface area contributed by atoms with Crippen LogP contribution in [0.15, 0.2) is 40.5 Å². The second kappa shape index (κ2) is 4.94. The monoisotopic (exact) mass is 332 g/mol. The fourth-order valence-corrected chi connectivity index (χ4v) is 4.60. The van der Waals surface area contributed by atoms with Crippen molar-refractivity contribution in [3.05, 3.63) is 51.9 Å². The third-order valence-electron chi connectivity index (χ3n) is 3.31. The zero-order valence-electron chi connectivity index (χ0n) is 10.7. The standard InChI is InChI=1S/C15H9ClN2OS2/c16-6-12-17-14(19)13-9(7-20-15(13)18-12)11-5-8-3-1-2-4-10(8)21-11/h1-5,7H,6H2,(H,17,18,19). The van der Waals surface area contributed by atoms with Crippen molar-refractivity contribution < 1.29 is 0 Å². The van der Waals surface area contributed by atoms with Crippen LogP contribution in [0.2, 0.25) is 0 Å². The van der Waals surface area contributed by atoms with E-state index in [0.29, 0.717) is 11.2 Å². The van der Waals surface area contributed by atoms with Gasteiger partial charge in [-0.05, 0) is 17.5 Å². The average molecular weight is 333 g/mol. The van der Waals surface area contributed by atoms with E-state index in [1.165, 1.54) is 21.4 Å². The Balaban J connectivity index is 2.00. The van der Waals surface area contributed by atoms with E-state index in [2.05, 4.69) is 28.2 Å². The highest BCUT2D eigenvalue weighted by Gasteiger charge is 2.14. The number of H-pyrrole nitrogens is 1. The lowest BCUT2D eigenvalue weighted by Crippen LogP contribution is -2.10. The first-order valence-electron chi connectivity index (χ1n) is 6.31. The molecule has 0 aliphatic carbocycles. The van der Waals surface area contributed by atoms with Crippen LogP contribution in [-0.4, -0.2) is 9.97 Å². The number of benzene rings is 1. The molecule has 4 aromatic rings. The van der Waals surface area contributed by atoms with Crippen molar-refractivity contribution in [3.8, 4) is 10.4 Å². The topological polar surface area (TPSA) is 45.8 Å². The van der Waals surface area contributed by atoms with Crippen molar-refractivity contribution in [2.24, 2.45) is 0 Å². The molecule has 3 nitrogen and oxygen atoms in total. The van der Waals surface area contributed by atoms with Gasteiger partial charge in [-0.1, -0.05) is 18.2 Å². The molecule has 6 heteroatoms. The summed E-state index contributed by atoms with van der Waals surface area (Å²) < 4.78 is 1.22. The Morgan fingerprint density at radius 3 is 2.95 bits per heavy atom. The van der Waals surface area contributed by atoms with E-state index in [0.717, 1.165) is 15.3 Å². The molecule has 1 aromatic carbocycles. The van der Waals surface area contributed by atoms with E-state index < -0.39 is 0 Å². The molecule has 0 fully saturated rings. The van der Waals surface area contributed by atoms with E-state index >= 15 is 0 Å². The number of rotatable bonds is 2. The Kier molecular flexibility index (Phi) is 3.06. The summed E-state index contributed by atoms with van der Waals surface area (Å²) >= 11 is 8.92. The van der Waals surface area contributed by atoms with Crippen molar-refractivity contribution >= 4 is 54.6 Å². The van der Waals surface area contributed by atoms with Crippen LogP contribution in [0, 0.1) is 0 Å². The van der Waals surface area contributed by atoms with Gasteiger partial charge in [0.25, 0.3) is 5.56 Å². The summed E-state index contributed by atoms with van der Waals surface area (Å²) in [5, 5.41) is 3.84. The smallest absolute Gasteiger partial charge is 0.260 e. The number of halogens is 1. The predicted octanol–water partition coefficient (Wildman–Crippen LogP) is 4.61. The Hall–Kier alpha value is -1.69. The zero-order chi connectivity index (χ0) is 14.4. The van der Waals surface area contributed by atoms with Gasteiger partial charge in [0.15, 0.2) is 0 Å². The minimum absolute atomic E-state index is 0.121. The van der Waals surface area contributed by atoms with Crippen LogP contribution in [0.25, 0.3) is 30.7 Å². The maximum Gasteiger partial charge on any atom is 0.260 e. The Bertz CT molecular complexity index is 982. The summed E-state index contributed by atoms with van der Waals surface area (Å²) in [4.78, 5) is 21.2. The number of thiophene rings is 2. The van der Waals surface area contributed by atoms with E-state index in [-0.39, 0.29) is 11.4 Å². The largest absolute Gasteiger partial charge is 0.309 e. The summed E-state index contributed by atoms with van der Waals surface area (Å²) in [7, 11) is 0. The lowest BCUT2D eigenvalue weighted by molar-refractivity contribution is 1.04. The number of hydrogen-bond donors (Lipinski definition) is 1. The molecule has 0 saturated carbocycles. The van der Waals surface area contributed by atoms with Crippen LogP contribution >= 0.6 is 34.3 Å². The molecule has 104 valence electrons. The number of nitrogens with zero attached hydrogens (tertiary/aromatic N) is 1. The van der Waals surface area contributed by atoms with Gasteiger partial charge < -0.3 is 4.98 Å². The highest BCUT2D eigenvalue weighted by molar-refractivity contribution is 7.23. The summed E-state index contributed by atoms with van der Waals surface area (Å²) in [5.41, 5.74) is 0.829. The number of alkyl halides is 1. The molecule has 4 rings (SSSR count). The van der Waals surface area contributed by atoms with Crippen LogP contribution in [-0.2, 0) is 5.88 Å². The molecule has 0 atom stereocenters. The Labute approximate surface area is 132 Å². The summed E-state index contributed by atoms with van der Waals surface area (Å²) in [6.07, 6.45) is 0. The van der Waals surface area contributed by atoms with E-state index in [9.17, 15) is 4.79 Å². The Morgan fingerprint density at radius 2 is 2.14 bits per heavy atom. The molecular weight excluding hydrogens is 324 g/mol. The fraction of sp³-hybridized carbons (Fsp3) is 0.0667.